The average Bonchev–Trinajstić information content (AvgIpc) is 3.25. The minimum atomic E-state index is -4.31. The lowest BCUT2D eigenvalue weighted by molar-refractivity contribution is -0.870. The van der Waals surface area contributed by atoms with Crippen LogP contribution in [0.5, 0.6) is 0 Å². The van der Waals surface area contributed by atoms with Gasteiger partial charge in [0, 0.05) is 6.42 Å². The molecule has 0 aromatic rings. The molecule has 0 rings (SSSR count). The van der Waals surface area contributed by atoms with E-state index in [2.05, 4.69) is 31.3 Å². The van der Waals surface area contributed by atoms with Gasteiger partial charge in [0.15, 0.2) is 0 Å². The Morgan fingerprint density at radius 1 is 0.516 bits per heavy atom. The van der Waals surface area contributed by atoms with Crippen LogP contribution >= 0.6 is 7.82 Å². The Morgan fingerprint density at radius 2 is 0.844 bits per heavy atom. The molecule has 1 amide bonds. The SMILES string of the molecule is CCCCCCCCCCCCCC/C=C\CCCCCCCCCCCCCCCC(=O)NC(COP(=O)(O)OCC[N+](C)(C)C)C(O)CCCCCCCCCCCCCCC. The van der Waals surface area contributed by atoms with Gasteiger partial charge in [-0.15, -0.1) is 0 Å². The van der Waals surface area contributed by atoms with Gasteiger partial charge in [0.1, 0.15) is 13.2 Å². The molecule has 9 heteroatoms. The number of unbranched alkanes of at least 4 members (excludes halogenated alkanes) is 37. The Labute approximate surface area is 399 Å². The summed E-state index contributed by atoms with van der Waals surface area (Å²) in [6, 6.07) is -0.756. The van der Waals surface area contributed by atoms with Gasteiger partial charge >= 0.3 is 7.82 Å². The molecule has 0 aliphatic heterocycles. The molecule has 3 unspecified atom stereocenters. The van der Waals surface area contributed by atoms with Gasteiger partial charge in [0.05, 0.1) is 39.9 Å². The van der Waals surface area contributed by atoms with Crippen molar-refractivity contribution >= 4 is 13.7 Å². The van der Waals surface area contributed by atoms with Crippen LogP contribution in [-0.2, 0) is 18.4 Å². The first-order valence-electron chi connectivity index (χ1n) is 28.1. The third-order valence-electron chi connectivity index (χ3n) is 13.0. The highest BCUT2D eigenvalue weighted by atomic mass is 31.2. The van der Waals surface area contributed by atoms with Crippen molar-refractivity contribution in [1.82, 2.24) is 5.32 Å². The highest BCUT2D eigenvalue weighted by Crippen LogP contribution is 2.43. The number of nitrogens with one attached hydrogen (secondary N) is 1. The maximum Gasteiger partial charge on any atom is 0.472 e. The monoisotopic (exact) mass is 928 g/mol. The summed E-state index contributed by atoms with van der Waals surface area (Å²) < 4.78 is 23.7. The second-order valence-corrected chi connectivity index (χ2v) is 22.1. The van der Waals surface area contributed by atoms with Crippen molar-refractivity contribution < 1.29 is 32.9 Å². The van der Waals surface area contributed by atoms with Crippen LogP contribution in [0.25, 0.3) is 0 Å². The zero-order valence-electron chi connectivity index (χ0n) is 43.6. The summed E-state index contributed by atoms with van der Waals surface area (Å²) in [5.74, 6) is -0.141. The average molecular weight is 928 g/mol. The number of carbonyl (C=O) groups is 1. The third-order valence-corrected chi connectivity index (χ3v) is 14.0. The van der Waals surface area contributed by atoms with Crippen molar-refractivity contribution in [2.45, 2.75) is 296 Å². The minimum Gasteiger partial charge on any atom is -0.391 e. The Morgan fingerprint density at radius 3 is 1.20 bits per heavy atom. The molecule has 64 heavy (non-hydrogen) atoms. The van der Waals surface area contributed by atoms with Crippen LogP contribution in [0.3, 0.4) is 0 Å². The molecule has 382 valence electrons. The summed E-state index contributed by atoms with van der Waals surface area (Å²) in [7, 11) is 1.63. The van der Waals surface area contributed by atoms with Crippen molar-refractivity contribution in [1.29, 1.82) is 0 Å². The molecule has 8 nitrogen and oxygen atoms in total. The topological polar surface area (TPSA) is 105 Å². The summed E-state index contributed by atoms with van der Waals surface area (Å²) in [6.45, 7) is 4.92. The third kappa shape index (κ3) is 49.2. The van der Waals surface area contributed by atoms with E-state index in [0.717, 1.165) is 38.5 Å². The molecule has 0 fully saturated rings. The Balaban J connectivity index is 4.03. The van der Waals surface area contributed by atoms with Gasteiger partial charge in [0.2, 0.25) is 5.91 Å². The second-order valence-electron chi connectivity index (χ2n) is 20.7. The lowest BCUT2D eigenvalue weighted by atomic mass is 10.0. The van der Waals surface area contributed by atoms with Crippen LogP contribution < -0.4 is 5.32 Å². The van der Waals surface area contributed by atoms with Gasteiger partial charge in [-0.05, 0) is 38.5 Å². The van der Waals surface area contributed by atoms with Crippen LogP contribution in [-0.4, -0.2) is 73.4 Å². The number of nitrogens with zero attached hydrogens (tertiary/aromatic N) is 1. The number of likely N-dealkylation sites (N-methyl/N-ethyl adjacent to an activating group) is 1. The van der Waals surface area contributed by atoms with E-state index < -0.39 is 20.0 Å². The molecule has 0 radical (unpaired) electrons. The summed E-state index contributed by atoms with van der Waals surface area (Å²) in [5.41, 5.74) is 0. The Bertz CT molecular complexity index is 1050. The molecule has 0 aliphatic rings. The van der Waals surface area contributed by atoms with Crippen LogP contribution in [0.1, 0.15) is 284 Å². The molecule has 0 spiro atoms. The molecule has 0 aromatic carbocycles. The predicted octanol–water partition coefficient (Wildman–Crippen LogP) is 16.7. The number of quaternary nitrogens is 1. The maximum absolute atomic E-state index is 13.0. The zero-order chi connectivity index (χ0) is 47.1. The van der Waals surface area contributed by atoms with Crippen molar-refractivity contribution in [3.63, 3.8) is 0 Å². The quantitative estimate of drug-likeness (QED) is 0.0243. The molecule has 0 aromatic heterocycles. The number of carbonyl (C=O) groups excluding carboxylic acids is 1. The highest BCUT2D eigenvalue weighted by Gasteiger charge is 2.28. The fourth-order valence-corrected chi connectivity index (χ4v) is 9.31. The second kappa shape index (κ2) is 47.3. The number of aliphatic hydroxyl groups is 1. The molecule has 0 saturated carbocycles. The lowest BCUT2D eigenvalue weighted by Crippen LogP contribution is -2.46. The summed E-state index contributed by atoms with van der Waals surface area (Å²) in [6.07, 6.45) is 57.0. The van der Waals surface area contributed by atoms with E-state index in [0.29, 0.717) is 23.9 Å². The number of aliphatic hydroxyl groups excluding tert-OH is 1. The van der Waals surface area contributed by atoms with E-state index in [9.17, 15) is 19.4 Å². The number of hydrogen-bond donors (Lipinski definition) is 3. The van der Waals surface area contributed by atoms with Gasteiger partial charge in [0.25, 0.3) is 0 Å². The van der Waals surface area contributed by atoms with Crippen LogP contribution in [0.4, 0.5) is 0 Å². The first-order valence-corrected chi connectivity index (χ1v) is 29.5. The summed E-state index contributed by atoms with van der Waals surface area (Å²) in [5, 5.41) is 14.0. The lowest BCUT2D eigenvalue weighted by Gasteiger charge is -2.26. The van der Waals surface area contributed by atoms with E-state index in [1.54, 1.807) is 0 Å². The van der Waals surface area contributed by atoms with Crippen molar-refractivity contribution in [3.05, 3.63) is 12.2 Å². The van der Waals surface area contributed by atoms with Gasteiger partial charge in [-0.2, -0.15) is 0 Å². The zero-order valence-corrected chi connectivity index (χ0v) is 44.4. The van der Waals surface area contributed by atoms with E-state index in [1.165, 1.54) is 218 Å². The minimum absolute atomic E-state index is 0.0772. The standard InChI is InChI=1S/C55H111N2O6P/c1-6-8-10-12-14-16-18-20-21-22-23-24-25-26-27-28-29-30-31-32-33-34-35-37-39-41-43-45-47-49-55(59)56-53(52-63-64(60,61)62-51-50-57(3,4)5)54(58)48-46-44-42-40-38-36-19-17-15-13-11-9-7-2/h26-27,53-54,58H,6-25,28-52H2,1-5H3,(H-,56,59,60,61)/p+1/b27-26-. The first kappa shape index (κ1) is 63.2. The molecule has 0 heterocycles. The largest absolute Gasteiger partial charge is 0.472 e. The fourth-order valence-electron chi connectivity index (χ4n) is 8.57. The number of phosphoric acid groups is 1. The number of hydrogen-bond acceptors (Lipinski definition) is 5. The van der Waals surface area contributed by atoms with E-state index in [1.807, 2.05) is 21.1 Å². The Kier molecular flexibility index (Phi) is 46.8. The predicted molar refractivity (Wildman–Crippen MR) is 277 cm³/mol. The molecule has 0 aliphatic carbocycles. The normalized spacial score (nSPS) is 14.0. The van der Waals surface area contributed by atoms with Crippen molar-refractivity contribution in [3.8, 4) is 0 Å². The number of amides is 1. The number of allylic oxidation sites excluding steroid dienone is 2. The van der Waals surface area contributed by atoms with Crippen molar-refractivity contribution in [2.24, 2.45) is 0 Å². The molecular formula is C55H112N2O6P+. The van der Waals surface area contributed by atoms with Crippen LogP contribution in [0.2, 0.25) is 0 Å². The van der Waals surface area contributed by atoms with E-state index in [4.69, 9.17) is 9.05 Å². The van der Waals surface area contributed by atoms with Crippen LogP contribution in [0, 0.1) is 0 Å². The molecule has 3 atom stereocenters. The Hall–Kier alpha value is -0.760. The summed E-state index contributed by atoms with van der Waals surface area (Å²) >= 11 is 0. The van der Waals surface area contributed by atoms with Gasteiger partial charge in [-0.3, -0.25) is 13.8 Å². The number of rotatable bonds is 52. The fraction of sp³-hybridized carbons (Fsp3) is 0.945. The number of phosphoric ester groups is 1. The van der Waals surface area contributed by atoms with Gasteiger partial charge in [-0.1, -0.05) is 251 Å². The van der Waals surface area contributed by atoms with E-state index in [-0.39, 0.29) is 19.1 Å². The molecule has 0 saturated heterocycles. The van der Waals surface area contributed by atoms with E-state index >= 15 is 0 Å². The maximum atomic E-state index is 13.0. The summed E-state index contributed by atoms with van der Waals surface area (Å²) in [4.78, 5) is 23.3. The molecular weight excluding hydrogens is 816 g/mol. The van der Waals surface area contributed by atoms with Gasteiger partial charge < -0.3 is 19.8 Å². The first-order chi connectivity index (χ1) is 31.0. The molecule has 3 N–H and O–H groups in total. The molecule has 0 bridgehead atoms. The van der Waals surface area contributed by atoms with Gasteiger partial charge in [-0.25, -0.2) is 4.57 Å². The van der Waals surface area contributed by atoms with Crippen molar-refractivity contribution in [2.75, 3.05) is 40.9 Å². The smallest absolute Gasteiger partial charge is 0.391 e. The van der Waals surface area contributed by atoms with Crippen LogP contribution in [0.15, 0.2) is 12.2 Å². The highest BCUT2D eigenvalue weighted by molar-refractivity contribution is 7.47.